The van der Waals surface area contributed by atoms with Gasteiger partial charge < -0.3 is 4.74 Å². The fourth-order valence-electron chi connectivity index (χ4n) is 2.27. The maximum atomic E-state index is 11.2. The molecule has 4 nitrogen and oxygen atoms in total. The van der Waals surface area contributed by atoms with Crippen molar-refractivity contribution in [1.82, 2.24) is 10.2 Å². The molecule has 0 bridgehead atoms. The third-order valence-corrected chi connectivity index (χ3v) is 3.12. The second kappa shape index (κ2) is 3.73. The van der Waals surface area contributed by atoms with Gasteiger partial charge in [-0.2, -0.15) is 5.10 Å². The average molecular weight is 228 g/mol. The Balaban J connectivity index is 2.20. The second-order valence-corrected chi connectivity index (χ2v) is 4.13. The van der Waals surface area contributed by atoms with Crippen LogP contribution < -0.4 is 10.3 Å². The molecule has 0 spiro atoms. The van der Waals surface area contributed by atoms with Crippen LogP contribution in [-0.4, -0.2) is 17.3 Å². The van der Waals surface area contributed by atoms with E-state index in [-0.39, 0.29) is 5.56 Å². The summed E-state index contributed by atoms with van der Waals surface area (Å²) in [4.78, 5) is 11.2. The highest BCUT2D eigenvalue weighted by atomic mass is 16.5. The highest BCUT2D eigenvalue weighted by molar-refractivity contribution is 5.69. The molecule has 1 aromatic heterocycles. The summed E-state index contributed by atoms with van der Waals surface area (Å²) in [5.41, 5.74) is 4.07. The molecular formula is C13H12N2O2. The molecule has 0 unspecified atom stereocenters. The minimum Gasteiger partial charge on any atom is -0.497 e. The normalized spacial score (nSPS) is 12.8. The number of H-pyrrole nitrogens is 1. The standard InChI is InChI=1S/C13H12N2O2/c1-17-10-4-5-11-8(6-10)2-3-9-7-12(16)14-15-13(9)11/h4-7H,2-3H2,1H3,(H,14,16). The molecule has 0 radical (unpaired) electrons. The second-order valence-electron chi connectivity index (χ2n) is 4.13. The number of nitrogens with zero attached hydrogens (tertiary/aromatic N) is 1. The van der Waals surface area contributed by atoms with E-state index >= 15 is 0 Å². The summed E-state index contributed by atoms with van der Waals surface area (Å²) >= 11 is 0. The van der Waals surface area contributed by atoms with Gasteiger partial charge in [0.2, 0.25) is 0 Å². The predicted octanol–water partition coefficient (Wildman–Crippen LogP) is 1.54. The smallest absolute Gasteiger partial charge is 0.264 e. The van der Waals surface area contributed by atoms with Crippen LogP contribution in [0.15, 0.2) is 29.1 Å². The van der Waals surface area contributed by atoms with Gasteiger partial charge in [-0.3, -0.25) is 4.79 Å². The molecule has 0 atom stereocenters. The summed E-state index contributed by atoms with van der Waals surface area (Å²) < 4.78 is 5.21. The van der Waals surface area contributed by atoms with E-state index in [0.29, 0.717) is 0 Å². The summed E-state index contributed by atoms with van der Waals surface area (Å²) in [7, 11) is 1.66. The molecule has 0 aliphatic heterocycles. The summed E-state index contributed by atoms with van der Waals surface area (Å²) in [5.74, 6) is 0.858. The van der Waals surface area contributed by atoms with E-state index in [1.807, 2.05) is 18.2 Å². The Hall–Kier alpha value is -2.10. The first-order valence-corrected chi connectivity index (χ1v) is 5.54. The van der Waals surface area contributed by atoms with E-state index in [2.05, 4.69) is 10.2 Å². The van der Waals surface area contributed by atoms with Crippen molar-refractivity contribution in [2.75, 3.05) is 7.11 Å². The number of hydrogen-bond acceptors (Lipinski definition) is 3. The van der Waals surface area contributed by atoms with Crippen LogP contribution >= 0.6 is 0 Å². The molecule has 2 aromatic rings. The largest absolute Gasteiger partial charge is 0.497 e. The van der Waals surface area contributed by atoms with Crippen molar-refractivity contribution in [3.05, 3.63) is 45.7 Å². The predicted molar refractivity (Wildman–Crippen MR) is 64.3 cm³/mol. The number of ether oxygens (including phenoxy) is 1. The quantitative estimate of drug-likeness (QED) is 0.805. The minimum absolute atomic E-state index is 0.138. The maximum absolute atomic E-state index is 11.2. The Morgan fingerprint density at radius 2 is 2.06 bits per heavy atom. The van der Waals surface area contributed by atoms with Crippen LogP contribution in [0.2, 0.25) is 0 Å². The molecule has 0 fully saturated rings. The monoisotopic (exact) mass is 228 g/mol. The molecular weight excluding hydrogens is 216 g/mol. The van der Waals surface area contributed by atoms with Crippen molar-refractivity contribution in [1.29, 1.82) is 0 Å². The lowest BCUT2D eigenvalue weighted by Crippen LogP contribution is -2.14. The molecule has 1 aliphatic carbocycles. The first-order valence-electron chi connectivity index (χ1n) is 5.54. The van der Waals surface area contributed by atoms with Gasteiger partial charge in [-0.1, -0.05) is 0 Å². The van der Waals surface area contributed by atoms with E-state index in [9.17, 15) is 4.79 Å². The molecule has 1 aromatic carbocycles. The van der Waals surface area contributed by atoms with Crippen LogP contribution in [0.3, 0.4) is 0 Å². The van der Waals surface area contributed by atoms with Gasteiger partial charge in [-0.15, -0.1) is 0 Å². The number of benzene rings is 1. The summed E-state index contributed by atoms with van der Waals surface area (Å²) in [6, 6.07) is 7.58. The van der Waals surface area contributed by atoms with Crippen molar-refractivity contribution in [3.8, 4) is 17.0 Å². The zero-order valence-corrected chi connectivity index (χ0v) is 9.49. The Kier molecular flexibility index (Phi) is 2.21. The third kappa shape index (κ3) is 1.62. The minimum atomic E-state index is -0.138. The van der Waals surface area contributed by atoms with Gasteiger partial charge in [-0.05, 0) is 42.2 Å². The third-order valence-electron chi connectivity index (χ3n) is 3.12. The molecule has 0 amide bonds. The molecule has 4 heteroatoms. The fraction of sp³-hybridized carbons (Fsp3) is 0.231. The van der Waals surface area contributed by atoms with Crippen LogP contribution in [-0.2, 0) is 12.8 Å². The van der Waals surface area contributed by atoms with Crippen molar-refractivity contribution in [2.45, 2.75) is 12.8 Å². The maximum Gasteiger partial charge on any atom is 0.264 e. The first-order chi connectivity index (χ1) is 8.28. The van der Waals surface area contributed by atoms with E-state index in [4.69, 9.17) is 4.74 Å². The van der Waals surface area contributed by atoms with Crippen molar-refractivity contribution in [2.24, 2.45) is 0 Å². The number of aromatic nitrogens is 2. The SMILES string of the molecule is COc1ccc2c(c1)CCc1cc(=O)[nH]nc1-2. The Bertz CT molecular complexity index is 632. The number of aromatic amines is 1. The molecule has 1 aliphatic rings. The van der Waals surface area contributed by atoms with Crippen molar-refractivity contribution < 1.29 is 4.74 Å². The number of aryl methyl sites for hydroxylation is 2. The molecule has 1 N–H and O–H groups in total. The lowest BCUT2D eigenvalue weighted by Gasteiger charge is -2.18. The van der Waals surface area contributed by atoms with Crippen LogP contribution in [0.25, 0.3) is 11.3 Å². The van der Waals surface area contributed by atoms with E-state index in [0.717, 1.165) is 35.4 Å². The van der Waals surface area contributed by atoms with E-state index < -0.39 is 0 Å². The number of fused-ring (bicyclic) bond motifs is 3. The molecule has 0 saturated carbocycles. The van der Waals surface area contributed by atoms with Crippen LogP contribution in [0.5, 0.6) is 5.75 Å². The number of nitrogens with one attached hydrogen (secondary N) is 1. The Morgan fingerprint density at radius 1 is 1.24 bits per heavy atom. The first kappa shape index (κ1) is 10.1. The van der Waals surface area contributed by atoms with Crippen LogP contribution in [0.1, 0.15) is 11.1 Å². The van der Waals surface area contributed by atoms with Gasteiger partial charge in [0.25, 0.3) is 5.56 Å². The zero-order chi connectivity index (χ0) is 11.8. The molecule has 1 heterocycles. The zero-order valence-electron chi connectivity index (χ0n) is 9.49. The Labute approximate surface area is 98.3 Å². The van der Waals surface area contributed by atoms with Crippen LogP contribution in [0.4, 0.5) is 0 Å². The van der Waals surface area contributed by atoms with Gasteiger partial charge in [0, 0.05) is 11.6 Å². The number of methoxy groups -OCH3 is 1. The summed E-state index contributed by atoms with van der Waals surface area (Å²) in [5, 5.41) is 6.63. The molecule has 3 rings (SSSR count). The van der Waals surface area contributed by atoms with Crippen molar-refractivity contribution >= 4 is 0 Å². The topological polar surface area (TPSA) is 55.0 Å². The lowest BCUT2D eigenvalue weighted by atomic mass is 9.89. The van der Waals surface area contributed by atoms with Gasteiger partial charge in [-0.25, -0.2) is 5.10 Å². The summed E-state index contributed by atoms with van der Waals surface area (Å²) in [6.07, 6.45) is 1.77. The highest BCUT2D eigenvalue weighted by Gasteiger charge is 2.18. The number of hydrogen-bond donors (Lipinski definition) is 1. The fourth-order valence-corrected chi connectivity index (χ4v) is 2.27. The Morgan fingerprint density at radius 3 is 2.88 bits per heavy atom. The number of rotatable bonds is 1. The average Bonchev–Trinajstić information content (AvgIpc) is 2.37. The van der Waals surface area contributed by atoms with Crippen molar-refractivity contribution in [3.63, 3.8) is 0 Å². The lowest BCUT2D eigenvalue weighted by molar-refractivity contribution is 0.414. The van der Waals surface area contributed by atoms with E-state index in [1.165, 1.54) is 5.56 Å². The van der Waals surface area contributed by atoms with Gasteiger partial charge >= 0.3 is 0 Å². The molecule has 86 valence electrons. The van der Waals surface area contributed by atoms with Crippen LogP contribution in [0, 0.1) is 0 Å². The van der Waals surface area contributed by atoms with Gasteiger partial charge in [0.05, 0.1) is 12.8 Å². The van der Waals surface area contributed by atoms with Gasteiger partial charge in [0.15, 0.2) is 0 Å². The molecule has 0 saturated heterocycles. The highest BCUT2D eigenvalue weighted by Crippen LogP contribution is 2.32. The van der Waals surface area contributed by atoms with E-state index in [1.54, 1.807) is 13.2 Å². The summed E-state index contributed by atoms with van der Waals surface area (Å²) in [6.45, 7) is 0. The van der Waals surface area contributed by atoms with Gasteiger partial charge in [0.1, 0.15) is 5.75 Å². The molecule has 17 heavy (non-hydrogen) atoms.